The molecule has 0 aliphatic heterocycles. The second kappa shape index (κ2) is 18.2. The summed E-state index contributed by atoms with van der Waals surface area (Å²) in [5, 5.41) is 0. The molecule has 0 aliphatic carbocycles. The number of methoxy groups -OCH3 is 1. The van der Waals surface area contributed by atoms with Gasteiger partial charge in [-0.05, 0) is 135 Å². The van der Waals surface area contributed by atoms with Crippen molar-refractivity contribution in [3.05, 3.63) is 222 Å². The Morgan fingerprint density at radius 3 is 1.14 bits per heavy atom. The first-order chi connectivity index (χ1) is 28.3. The quantitative estimate of drug-likeness (QED) is 0.130. The molecule has 0 atom stereocenters. The van der Waals surface area contributed by atoms with Crippen LogP contribution in [-0.2, 0) is 0 Å². The number of aryl methyl sites for hydroxylation is 4. The number of hydrogen-bond donors (Lipinski definition) is 0. The average Bonchev–Trinajstić information content (AvgIpc) is 3.26. The van der Waals surface area contributed by atoms with Gasteiger partial charge >= 0.3 is 0 Å². The molecule has 8 aromatic carbocycles. The summed E-state index contributed by atoms with van der Waals surface area (Å²) in [6.45, 7) is 8.47. The summed E-state index contributed by atoms with van der Waals surface area (Å²) in [4.78, 5) is 15.7. The Bertz CT molecular complexity index is 2530. The third-order valence-corrected chi connectivity index (χ3v) is 10.2. The van der Waals surface area contributed by atoms with Gasteiger partial charge in [0.15, 0.2) is 0 Å². The fourth-order valence-corrected chi connectivity index (χ4v) is 7.05. The van der Waals surface area contributed by atoms with Crippen molar-refractivity contribution in [3.63, 3.8) is 0 Å². The molecule has 0 amide bonds. The standard InChI is InChI=1S/C28H25NO2.C26H23N/c1-20-4-9-23(10-5-20)27-17-6-21(2)18-28(27)29(24-11-7-22(19-30)8-12-24)25-13-15-26(31-3)16-14-25;1-20-13-16-22(17-14-20)25-18-15-21(2)19-26(25)27(23-9-5-3-6-10-23)24-11-7-4-8-12-24/h4-19H,1-3H3;3-19H,1-2H3. The summed E-state index contributed by atoms with van der Waals surface area (Å²) in [7, 11) is 1.67. The Labute approximate surface area is 343 Å². The van der Waals surface area contributed by atoms with Crippen molar-refractivity contribution in [1.29, 1.82) is 0 Å². The monoisotopic (exact) mass is 756 g/mol. The minimum atomic E-state index is 0.654. The highest BCUT2D eigenvalue weighted by atomic mass is 16.5. The van der Waals surface area contributed by atoms with E-state index in [0.29, 0.717) is 5.56 Å². The number of carbonyl (C=O) groups excluding carboxylic acids is 1. The lowest BCUT2D eigenvalue weighted by Gasteiger charge is -2.28. The van der Waals surface area contributed by atoms with Gasteiger partial charge in [0.2, 0.25) is 0 Å². The van der Waals surface area contributed by atoms with Crippen molar-refractivity contribution >= 4 is 40.4 Å². The van der Waals surface area contributed by atoms with Crippen molar-refractivity contribution in [2.75, 3.05) is 16.9 Å². The molecule has 286 valence electrons. The van der Waals surface area contributed by atoms with Gasteiger partial charge in [-0.1, -0.05) is 120 Å². The van der Waals surface area contributed by atoms with E-state index in [1.807, 2.05) is 48.5 Å². The van der Waals surface area contributed by atoms with E-state index in [9.17, 15) is 4.79 Å². The molecule has 4 nitrogen and oxygen atoms in total. The number of rotatable bonds is 10. The molecule has 0 aliphatic rings. The highest BCUT2D eigenvalue weighted by Gasteiger charge is 2.19. The topological polar surface area (TPSA) is 32.8 Å². The van der Waals surface area contributed by atoms with Gasteiger partial charge in [-0.2, -0.15) is 0 Å². The van der Waals surface area contributed by atoms with Crippen LogP contribution in [0.15, 0.2) is 194 Å². The number of carbonyl (C=O) groups is 1. The lowest BCUT2D eigenvalue weighted by Crippen LogP contribution is -2.11. The van der Waals surface area contributed by atoms with E-state index in [2.05, 4.69) is 183 Å². The van der Waals surface area contributed by atoms with Gasteiger partial charge in [-0.15, -0.1) is 0 Å². The van der Waals surface area contributed by atoms with E-state index in [-0.39, 0.29) is 0 Å². The van der Waals surface area contributed by atoms with E-state index in [1.54, 1.807) is 7.11 Å². The lowest BCUT2D eigenvalue weighted by molar-refractivity contribution is 0.112. The molecule has 0 spiro atoms. The van der Waals surface area contributed by atoms with Crippen LogP contribution in [0.1, 0.15) is 32.6 Å². The minimum Gasteiger partial charge on any atom is -0.497 e. The Kier molecular flexibility index (Phi) is 12.3. The van der Waals surface area contributed by atoms with Crippen LogP contribution in [0.3, 0.4) is 0 Å². The Hall–Kier alpha value is -7.17. The van der Waals surface area contributed by atoms with Gasteiger partial charge in [0.1, 0.15) is 12.0 Å². The highest BCUT2D eigenvalue weighted by molar-refractivity contribution is 5.90. The van der Waals surface area contributed by atoms with E-state index < -0.39 is 0 Å². The summed E-state index contributed by atoms with van der Waals surface area (Å²) in [6, 6.07) is 67.4. The molecule has 0 unspecified atom stereocenters. The molecule has 0 saturated heterocycles. The van der Waals surface area contributed by atoms with Crippen LogP contribution < -0.4 is 14.5 Å². The molecule has 0 radical (unpaired) electrons. The first kappa shape index (κ1) is 39.1. The van der Waals surface area contributed by atoms with E-state index in [0.717, 1.165) is 51.6 Å². The number of aldehydes is 1. The molecule has 8 aromatic rings. The van der Waals surface area contributed by atoms with Gasteiger partial charge in [0.05, 0.1) is 18.5 Å². The summed E-state index contributed by atoms with van der Waals surface area (Å²) in [5.74, 6) is 0.808. The molecule has 0 fully saturated rings. The van der Waals surface area contributed by atoms with Gasteiger partial charge in [0.25, 0.3) is 0 Å². The van der Waals surface area contributed by atoms with Crippen LogP contribution in [0.5, 0.6) is 5.75 Å². The molecule has 58 heavy (non-hydrogen) atoms. The maximum absolute atomic E-state index is 11.2. The van der Waals surface area contributed by atoms with Crippen LogP contribution in [0.4, 0.5) is 34.1 Å². The molecular formula is C54H48N2O2. The zero-order valence-corrected chi connectivity index (χ0v) is 33.8. The van der Waals surface area contributed by atoms with Crippen LogP contribution in [-0.4, -0.2) is 13.4 Å². The molecule has 4 heteroatoms. The maximum Gasteiger partial charge on any atom is 0.150 e. The van der Waals surface area contributed by atoms with Crippen LogP contribution in [0.25, 0.3) is 22.3 Å². The minimum absolute atomic E-state index is 0.654. The van der Waals surface area contributed by atoms with Gasteiger partial charge in [0, 0.05) is 39.4 Å². The molecule has 0 heterocycles. The third kappa shape index (κ3) is 9.09. The first-order valence-corrected chi connectivity index (χ1v) is 19.6. The normalized spacial score (nSPS) is 10.6. The molecule has 0 saturated carbocycles. The Morgan fingerprint density at radius 1 is 0.397 bits per heavy atom. The summed E-state index contributed by atoms with van der Waals surface area (Å²) in [5.41, 5.74) is 16.9. The molecule has 0 bridgehead atoms. The second-order valence-electron chi connectivity index (χ2n) is 14.5. The fraction of sp³-hybridized carbons (Fsp3) is 0.0926. The van der Waals surface area contributed by atoms with Crippen molar-refractivity contribution in [2.45, 2.75) is 27.7 Å². The summed E-state index contributed by atoms with van der Waals surface area (Å²) in [6.07, 6.45) is 0.867. The second-order valence-corrected chi connectivity index (χ2v) is 14.5. The number of benzene rings is 8. The summed E-state index contributed by atoms with van der Waals surface area (Å²) >= 11 is 0. The van der Waals surface area contributed by atoms with Crippen molar-refractivity contribution in [2.24, 2.45) is 0 Å². The lowest BCUT2D eigenvalue weighted by atomic mass is 9.99. The van der Waals surface area contributed by atoms with Crippen LogP contribution in [0.2, 0.25) is 0 Å². The Balaban J connectivity index is 0.000000178. The smallest absolute Gasteiger partial charge is 0.150 e. The molecule has 0 N–H and O–H groups in total. The maximum atomic E-state index is 11.2. The van der Waals surface area contributed by atoms with Gasteiger partial charge in [-0.3, -0.25) is 4.79 Å². The van der Waals surface area contributed by atoms with E-state index >= 15 is 0 Å². The number of nitrogens with zero attached hydrogens (tertiary/aromatic N) is 2. The van der Waals surface area contributed by atoms with Crippen molar-refractivity contribution in [3.8, 4) is 28.0 Å². The largest absolute Gasteiger partial charge is 0.497 e. The van der Waals surface area contributed by atoms with Crippen LogP contribution in [0, 0.1) is 27.7 Å². The van der Waals surface area contributed by atoms with Crippen LogP contribution >= 0.6 is 0 Å². The summed E-state index contributed by atoms with van der Waals surface area (Å²) < 4.78 is 5.36. The number of hydrogen-bond acceptors (Lipinski definition) is 4. The Morgan fingerprint density at radius 2 is 0.759 bits per heavy atom. The van der Waals surface area contributed by atoms with Gasteiger partial charge < -0.3 is 14.5 Å². The zero-order valence-electron chi connectivity index (χ0n) is 33.8. The van der Waals surface area contributed by atoms with Crippen molar-refractivity contribution < 1.29 is 9.53 Å². The third-order valence-electron chi connectivity index (χ3n) is 10.2. The highest BCUT2D eigenvalue weighted by Crippen LogP contribution is 2.43. The predicted octanol–water partition coefficient (Wildman–Crippen LogP) is 14.7. The van der Waals surface area contributed by atoms with Crippen molar-refractivity contribution in [1.82, 2.24) is 0 Å². The molecular weight excluding hydrogens is 709 g/mol. The van der Waals surface area contributed by atoms with E-state index in [1.165, 1.54) is 39.1 Å². The average molecular weight is 757 g/mol. The number of para-hydroxylation sites is 2. The zero-order chi connectivity index (χ0) is 40.4. The number of anilines is 6. The fourth-order valence-electron chi connectivity index (χ4n) is 7.05. The first-order valence-electron chi connectivity index (χ1n) is 19.6. The number of ether oxygens (including phenoxy) is 1. The van der Waals surface area contributed by atoms with Gasteiger partial charge in [-0.25, -0.2) is 0 Å². The van der Waals surface area contributed by atoms with E-state index in [4.69, 9.17) is 4.74 Å². The SMILES string of the molecule is COc1ccc(N(c2ccc(C=O)cc2)c2cc(C)ccc2-c2ccc(C)cc2)cc1.Cc1ccc(-c2ccc(C)cc2N(c2ccccc2)c2ccccc2)cc1. The predicted molar refractivity (Wildman–Crippen MR) is 244 cm³/mol. The molecule has 8 rings (SSSR count). The molecule has 0 aromatic heterocycles.